The first kappa shape index (κ1) is 17.5. The number of nitrogens with one attached hydrogen (secondary N) is 1. The zero-order chi connectivity index (χ0) is 16.5. The second-order valence-electron chi connectivity index (χ2n) is 5.30. The van der Waals surface area contributed by atoms with Crippen molar-refractivity contribution in [3.8, 4) is 5.75 Å². The quantitative estimate of drug-likeness (QED) is 0.687. The molecule has 1 atom stereocenters. The van der Waals surface area contributed by atoms with Crippen LogP contribution in [0.4, 0.5) is 0 Å². The predicted molar refractivity (Wildman–Crippen MR) is 93.1 cm³/mol. The van der Waals surface area contributed by atoms with Crippen LogP contribution >= 0.6 is 11.3 Å². The zero-order valence-corrected chi connectivity index (χ0v) is 14.1. The summed E-state index contributed by atoms with van der Waals surface area (Å²) in [6.07, 6.45) is 2.10. The van der Waals surface area contributed by atoms with E-state index in [1.165, 1.54) is 11.3 Å². The van der Waals surface area contributed by atoms with Gasteiger partial charge in [-0.15, -0.1) is 11.3 Å². The minimum absolute atomic E-state index is 0.136. The van der Waals surface area contributed by atoms with Gasteiger partial charge in [0, 0.05) is 17.0 Å². The third-order valence-corrected chi connectivity index (χ3v) is 4.43. The summed E-state index contributed by atoms with van der Waals surface area (Å²) in [5.41, 5.74) is 0.596. The van der Waals surface area contributed by atoms with Gasteiger partial charge in [-0.25, -0.2) is 0 Å². The van der Waals surface area contributed by atoms with Crippen molar-refractivity contribution in [1.29, 1.82) is 0 Å². The van der Waals surface area contributed by atoms with Gasteiger partial charge in [-0.2, -0.15) is 0 Å². The van der Waals surface area contributed by atoms with Crippen LogP contribution in [0, 0.1) is 0 Å². The summed E-state index contributed by atoms with van der Waals surface area (Å²) in [6, 6.07) is 10.9. The molecule has 1 heterocycles. The number of rotatable bonds is 9. The zero-order valence-electron chi connectivity index (χ0n) is 13.3. The molecule has 0 fully saturated rings. The van der Waals surface area contributed by atoms with Crippen LogP contribution in [0.15, 0.2) is 41.8 Å². The maximum Gasteiger partial charge on any atom is 0.251 e. The molecule has 0 saturated carbocycles. The summed E-state index contributed by atoms with van der Waals surface area (Å²) in [6.45, 7) is 3.25. The third-order valence-electron chi connectivity index (χ3n) is 3.46. The highest BCUT2D eigenvalue weighted by molar-refractivity contribution is 7.10. The van der Waals surface area contributed by atoms with Gasteiger partial charge in [0.05, 0.1) is 12.7 Å². The number of unbranched alkanes of at least 4 members (excludes halogenated alkanes) is 1. The molecule has 0 aliphatic rings. The average molecular weight is 333 g/mol. The van der Waals surface area contributed by atoms with Crippen molar-refractivity contribution in [2.75, 3.05) is 13.2 Å². The first-order valence-corrected chi connectivity index (χ1v) is 8.81. The van der Waals surface area contributed by atoms with Crippen molar-refractivity contribution in [2.45, 2.75) is 32.3 Å². The van der Waals surface area contributed by atoms with Gasteiger partial charge >= 0.3 is 0 Å². The molecular weight excluding hydrogens is 310 g/mol. The van der Waals surface area contributed by atoms with Crippen molar-refractivity contribution in [1.82, 2.24) is 5.32 Å². The largest absolute Gasteiger partial charge is 0.494 e. The Hall–Kier alpha value is -1.85. The molecule has 1 aromatic carbocycles. The summed E-state index contributed by atoms with van der Waals surface area (Å²) in [5, 5.41) is 14.7. The SMILES string of the molecule is CCCCOc1ccc(C(=O)NCCC(O)c2cccs2)cc1. The summed E-state index contributed by atoms with van der Waals surface area (Å²) in [4.78, 5) is 13.0. The van der Waals surface area contributed by atoms with E-state index in [0.29, 0.717) is 25.1 Å². The van der Waals surface area contributed by atoms with E-state index in [-0.39, 0.29) is 5.91 Å². The lowest BCUT2D eigenvalue weighted by atomic mass is 10.2. The van der Waals surface area contributed by atoms with E-state index in [0.717, 1.165) is 23.5 Å². The van der Waals surface area contributed by atoms with Crippen molar-refractivity contribution < 1.29 is 14.6 Å². The predicted octanol–water partition coefficient (Wildman–Crippen LogP) is 3.78. The number of benzene rings is 1. The van der Waals surface area contributed by atoms with Gasteiger partial charge in [0.1, 0.15) is 5.75 Å². The van der Waals surface area contributed by atoms with Crippen LogP contribution < -0.4 is 10.1 Å². The second-order valence-corrected chi connectivity index (χ2v) is 6.28. The molecule has 5 heteroatoms. The van der Waals surface area contributed by atoms with Crippen molar-refractivity contribution in [3.63, 3.8) is 0 Å². The van der Waals surface area contributed by atoms with Crippen LogP contribution in [0.3, 0.4) is 0 Å². The first-order valence-electron chi connectivity index (χ1n) is 7.93. The van der Waals surface area contributed by atoms with Crippen LogP contribution in [0.1, 0.15) is 47.5 Å². The maximum atomic E-state index is 12.1. The second kappa shape index (κ2) is 9.33. The summed E-state index contributed by atoms with van der Waals surface area (Å²) in [7, 11) is 0. The Kier molecular flexibility index (Phi) is 7.10. The number of carbonyl (C=O) groups excluding carboxylic acids is 1. The molecule has 1 aromatic heterocycles. The van der Waals surface area contributed by atoms with Crippen LogP contribution in [-0.4, -0.2) is 24.2 Å². The normalized spacial score (nSPS) is 11.9. The fourth-order valence-corrected chi connectivity index (χ4v) is 2.83. The number of hydrogen-bond donors (Lipinski definition) is 2. The Morgan fingerprint density at radius 1 is 1.30 bits per heavy atom. The van der Waals surface area contributed by atoms with E-state index >= 15 is 0 Å². The van der Waals surface area contributed by atoms with Crippen molar-refractivity contribution >= 4 is 17.2 Å². The molecule has 4 nitrogen and oxygen atoms in total. The molecule has 124 valence electrons. The maximum absolute atomic E-state index is 12.1. The smallest absolute Gasteiger partial charge is 0.251 e. The van der Waals surface area contributed by atoms with Gasteiger partial charge in [-0.05, 0) is 48.6 Å². The molecule has 0 bridgehead atoms. The lowest BCUT2D eigenvalue weighted by Crippen LogP contribution is -2.25. The fourth-order valence-electron chi connectivity index (χ4n) is 2.08. The summed E-state index contributed by atoms with van der Waals surface area (Å²) >= 11 is 1.52. The number of amides is 1. The van der Waals surface area contributed by atoms with Gasteiger partial charge in [0.2, 0.25) is 0 Å². The van der Waals surface area contributed by atoms with Gasteiger partial charge in [0.15, 0.2) is 0 Å². The highest BCUT2D eigenvalue weighted by Crippen LogP contribution is 2.21. The van der Waals surface area contributed by atoms with E-state index in [1.807, 2.05) is 29.6 Å². The molecule has 0 saturated heterocycles. The van der Waals surface area contributed by atoms with Gasteiger partial charge < -0.3 is 15.2 Å². The Bertz CT molecular complexity index is 581. The fraction of sp³-hybridized carbons (Fsp3) is 0.389. The number of hydrogen-bond acceptors (Lipinski definition) is 4. The molecule has 1 amide bonds. The molecule has 1 unspecified atom stereocenters. The number of carbonyl (C=O) groups is 1. The van der Waals surface area contributed by atoms with E-state index in [9.17, 15) is 9.90 Å². The Morgan fingerprint density at radius 2 is 2.09 bits per heavy atom. The van der Waals surface area contributed by atoms with Gasteiger partial charge in [-0.1, -0.05) is 19.4 Å². The molecule has 23 heavy (non-hydrogen) atoms. The number of ether oxygens (including phenoxy) is 1. The molecule has 2 N–H and O–H groups in total. The standard InChI is InChI=1S/C18H23NO3S/c1-2-3-12-22-15-8-6-14(7-9-15)18(21)19-11-10-16(20)17-5-4-13-23-17/h4-9,13,16,20H,2-3,10-12H2,1H3,(H,19,21). The summed E-state index contributed by atoms with van der Waals surface area (Å²) in [5.74, 6) is 0.645. The number of aliphatic hydroxyl groups is 1. The molecular formula is C18H23NO3S. The minimum Gasteiger partial charge on any atom is -0.494 e. The third kappa shape index (κ3) is 5.69. The summed E-state index contributed by atoms with van der Waals surface area (Å²) < 4.78 is 5.57. The lowest BCUT2D eigenvalue weighted by Gasteiger charge is -2.10. The van der Waals surface area contributed by atoms with Crippen LogP contribution in [0.2, 0.25) is 0 Å². The number of thiophene rings is 1. The van der Waals surface area contributed by atoms with Crippen molar-refractivity contribution in [2.24, 2.45) is 0 Å². The Labute approximate surface area is 141 Å². The van der Waals surface area contributed by atoms with E-state index in [4.69, 9.17) is 4.74 Å². The highest BCUT2D eigenvalue weighted by Gasteiger charge is 2.10. The first-order chi connectivity index (χ1) is 11.2. The van der Waals surface area contributed by atoms with Gasteiger partial charge in [-0.3, -0.25) is 4.79 Å². The average Bonchev–Trinajstić information content (AvgIpc) is 3.10. The Morgan fingerprint density at radius 3 is 2.74 bits per heavy atom. The molecule has 2 rings (SSSR count). The lowest BCUT2D eigenvalue weighted by molar-refractivity contribution is 0.0943. The number of aliphatic hydroxyl groups excluding tert-OH is 1. The highest BCUT2D eigenvalue weighted by atomic mass is 32.1. The van der Waals surface area contributed by atoms with E-state index in [2.05, 4.69) is 12.2 Å². The van der Waals surface area contributed by atoms with Crippen LogP contribution in [0.5, 0.6) is 5.75 Å². The molecule has 0 spiro atoms. The molecule has 2 aromatic rings. The van der Waals surface area contributed by atoms with Crippen LogP contribution in [-0.2, 0) is 0 Å². The van der Waals surface area contributed by atoms with Gasteiger partial charge in [0.25, 0.3) is 5.91 Å². The Balaban J connectivity index is 1.74. The molecule has 0 aliphatic carbocycles. The van der Waals surface area contributed by atoms with E-state index in [1.54, 1.807) is 12.1 Å². The molecule has 0 radical (unpaired) electrons. The minimum atomic E-state index is -0.523. The van der Waals surface area contributed by atoms with E-state index < -0.39 is 6.10 Å². The molecule has 0 aliphatic heterocycles. The van der Waals surface area contributed by atoms with Crippen molar-refractivity contribution in [3.05, 3.63) is 52.2 Å². The topological polar surface area (TPSA) is 58.6 Å². The van der Waals surface area contributed by atoms with Crippen LogP contribution in [0.25, 0.3) is 0 Å². The monoisotopic (exact) mass is 333 g/mol.